The normalized spacial score (nSPS) is 12.1. The maximum atomic E-state index is 11.4. The minimum Gasteiger partial charge on any atom is -0.859 e. The first-order valence-corrected chi connectivity index (χ1v) is 16.4. The van der Waals surface area contributed by atoms with E-state index in [0.717, 1.165) is 30.7 Å². The van der Waals surface area contributed by atoms with Gasteiger partial charge in [-0.05, 0) is 56.0 Å². The highest BCUT2D eigenvalue weighted by atomic mass is 35.5. The van der Waals surface area contributed by atoms with Crippen molar-refractivity contribution in [2.24, 2.45) is 15.7 Å². The minimum absolute atomic E-state index is 0. The van der Waals surface area contributed by atoms with Gasteiger partial charge in [0.2, 0.25) is 17.7 Å². The van der Waals surface area contributed by atoms with Crippen molar-refractivity contribution in [1.29, 1.82) is 0 Å². The number of aliphatic imine (C=N–C) groups is 2. The van der Waals surface area contributed by atoms with E-state index in [2.05, 4.69) is 91.6 Å². The highest BCUT2D eigenvalue weighted by Gasteiger charge is 2.17. The lowest BCUT2D eigenvalue weighted by molar-refractivity contribution is -0.870. The first kappa shape index (κ1) is 56.6. The monoisotopic (exact) mass is 745 g/mol. The standard InChI is InChI=1S/C13H23N3O2.C9H18N2O.C8H16N2O.C6H11NO2.ClH/c1-7-12(17)15-11(9-16(4,5)6)8-10(2)13(18)14-3;1-4-11(5-2)7-6-8(3)9(10)12;1-5-8(11)9-6-7-10(2,3)4;1-3-6(8)7-4-5-9-2;/h7-8,11H,1,9H2,2-6H3,(H-,14,15,17,18);3-7H2,1-2H3,(H2,10,12);5H,1,6-7H2,2-4H3;3H,1,4-5H2,2H3,(H,7,8);1H. The molecule has 4 N–H and O–H groups in total. The molecule has 1 unspecified atom stereocenters. The van der Waals surface area contributed by atoms with Crippen molar-refractivity contribution in [3.05, 3.63) is 61.8 Å². The second-order valence-corrected chi connectivity index (χ2v) is 12.8. The Balaban J connectivity index is -0.000000190. The number of carbonyl (C=O) groups excluding carboxylic acids is 3. The van der Waals surface area contributed by atoms with Crippen molar-refractivity contribution in [1.82, 2.24) is 15.5 Å². The third-order valence-corrected chi connectivity index (χ3v) is 6.23. The smallest absolute Gasteiger partial charge is 0.244 e. The summed E-state index contributed by atoms with van der Waals surface area (Å²) in [6.45, 7) is 25.6. The van der Waals surface area contributed by atoms with Gasteiger partial charge in [0.25, 0.3) is 0 Å². The van der Waals surface area contributed by atoms with Crippen LogP contribution in [0.4, 0.5) is 0 Å². The summed E-state index contributed by atoms with van der Waals surface area (Å²) in [4.78, 5) is 42.0. The predicted octanol–water partition coefficient (Wildman–Crippen LogP) is 0.452. The van der Waals surface area contributed by atoms with Crippen molar-refractivity contribution in [2.75, 3.05) is 109 Å². The number of methoxy groups -OCH3 is 1. The maximum absolute atomic E-state index is 11.4. The molecule has 0 heterocycles. The van der Waals surface area contributed by atoms with Gasteiger partial charge in [0.15, 0.2) is 0 Å². The molecule has 0 aromatic rings. The Hall–Kier alpha value is -3.82. The van der Waals surface area contributed by atoms with Gasteiger partial charge in [-0.1, -0.05) is 52.3 Å². The molecular formula is C36H69ClN8O6. The summed E-state index contributed by atoms with van der Waals surface area (Å²) in [5.74, 6) is -1.29. The van der Waals surface area contributed by atoms with Gasteiger partial charge in [0, 0.05) is 26.3 Å². The van der Waals surface area contributed by atoms with Crippen LogP contribution in [0, 0.1) is 0 Å². The Morgan fingerprint density at radius 2 is 1.49 bits per heavy atom. The van der Waals surface area contributed by atoms with Gasteiger partial charge in [0.05, 0.1) is 74.6 Å². The number of halogens is 1. The summed E-state index contributed by atoms with van der Waals surface area (Å²) in [6, 6.07) is -0.221. The molecule has 0 aromatic carbocycles. The molecule has 0 radical (unpaired) electrons. The fourth-order valence-electron chi connectivity index (χ4n) is 3.38. The van der Waals surface area contributed by atoms with E-state index in [-0.39, 0.29) is 48.0 Å². The summed E-state index contributed by atoms with van der Waals surface area (Å²) in [5, 5.41) is 27.2. The minimum atomic E-state index is -0.387. The average Bonchev–Trinajstić information content (AvgIpc) is 3.03. The van der Waals surface area contributed by atoms with Gasteiger partial charge < -0.3 is 50.2 Å². The van der Waals surface area contributed by atoms with E-state index >= 15 is 0 Å². The van der Waals surface area contributed by atoms with E-state index in [0.29, 0.717) is 48.3 Å². The number of nitrogens with two attached hydrogens (primary N) is 1. The zero-order valence-electron chi connectivity index (χ0n) is 33.3. The van der Waals surface area contributed by atoms with Crippen molar-refractivity contribution >= 4 is 41.9 Å². The molecule has 14 nitrogen and oxygen atoms in total. The van der Waals surface area contributed by atoms with E-state index in [4.69, 9.17) is 5.73 Å². The van der Waals surface area contributed by atoms with E-state index in [1.165, 1.54) is 25.3 Å². The van der Waals surface area contributed by atoms with Crippen molar-refractivity contribution < 1.29 is 38.3 Å². The summed E-state index contributed by atoms with van der Waals surface area (Å²) >= 11 is 0. The third kappa shape index (κ3) is 42.3. The molecule has 3 amide bonds. The Morgan fingerprint density at radius 1 is 0.961 bits per heavy atom. The van der Waals surface area contributed by atoms with Gasteiger partial charge in [-0.2, -0.15) is 0 Å². The first-order valence-electron chi connectivity index (χ1n) is 16.4. The topological polar surface area (TPSA) is 185 Å². The molecule has 51 heavy (non-hydrogen) atoms. The molecule has 0 bridgehead atoms. The van der Waals surface area contributed by atoms with E-state index in [1.807, 2.05) is 21.1 Å². The molecule has 0 rings (SSSR count). The first-order chi connectivity index (χ1) is 23.1. The van der Waals surface area contributed by atoms with Crippen molar-refractivity contribution in [2.45, 2.75) is 33.2 Å². The quantitative estimate of drug-likeness (QED) is 0.0532. The molecule has 0 fully saturated rings. The molecule has 0 aromatic heterocycles. The number of amides is 3. The van der Waals surface area contributed by atoms with E-state index in [1.54, 1.807) is 20.1 Å². The lowest BCUT2D eigenvalue weighted by Crippen LogP contribution is -2.48. The molecule has 0 saturated heterocycles. The van der Waals surface area contributed by atoms with E-state index < -0.39 is 0 Å². The maximum Gasteiger partial charge on any atom is 0.244 e. The zero-order valence-corrected chi connectivity index (χ0v) is 34.1. The molecule has 1 atom stereocenters. The number of nitrogens with zero attached hydrogens (tertiary/aromatic N) is 5. The number of ether oxygens (including phenoxy) is 1. The van der Waals surface area contributed by atoms with Crippen LogP contribution in [0.25, 0.3) is 0 Å². The van der Waals surface area contributed by atoms with Crippen LogP contribution in [0.15, 0.2) is 71.8 Å². The summed E-state index contributed by atoms with van der Waals surface area (Å²) in [5.41, 5.74) is 6.09. The highest BCUT2D eigenvalue weighted by Crippen LogP contribution is 2.02. The van der Waals surface area contributed by atoms with Crippen LogP contribution in [0.1, 0.15) is 27.2 Å². The summed E-state index contributed by atoms with van der Waals surface area (Å²) in [7, 11) is 15.3. The molecular weight excluding hydrogens is 676 g/mol. The SMILES string of the molecule is C=C(CCN(CC)CC)C(N)=O.C=CC(=O)NC(C=C(C)C([O-])=NC)C[N+](C)(C)C.C=CC(=O)NCC[N+](C)(C)C.C=CC([O-])=NCCOC.Cl. The number of carbonyl (C=O) groups is 3. The Labute approximate surface area is 314 Å². The van der Waals surface area contributed by atoms with Crippen molar-refractivity contribution in [3.63, 3.8) is 0 Å². The predicted molar refractivity (Wildman–Crippen MR) is 211 cm³/mol. The molecule has 0 aliphatic carbocycles. The van der Waals surface area contributed by atoms with Gasteiger partial charge >= 0.3 is 0 Å². The van der Waals surface area contributed by atoms with Crippen LogP contribution in [0.2, 0.25) is 0 Å². The molecule has 296 valence electrons. The summed E-state index contributed by atoms with van der Waals surface area (Å²) in [6.07, 6.45) is 6.10. The number of likely N-dealkylation sites (N-methyl/N-ethyl adjacent to an activating group) is 2. The highest BCUT2D eigenvalue weighted by molar-refractivity contribution is 5.91. The second kappa shape index (κ2) is 33.3. The van der Waals surface area contributed by atoms with Crippen LogP contribution in [-0.4, -0.2) is 158 Å². The van der Waals surface area contributed by atoms with Gasteiger partial charge in [0.1, 0.15) is 6.54 Å². The number of primary amides is 1. The number of nitrogens with one attached hydrogen (secondary N) is 2. The molecule has 0 spiro atoms. The number of rotatable bonds is 20. The molecule has 0 aliphatic rings. The molecule has 15 heteroatoms. The Kier molecular flexibility index (Phi) is 37.0. The third-order valence-electron chi connectivity index (χ3n) is 6.23. The number of hydrogen-bond donors (Lipinski definition) is 3. The fourth-order valence-corrected chi connectivity index (χ4v) is 3.38. The lowest BCUT2D eigenvalue weighted by atomic mass is 10.1. The van der Waals surface area contributed by atoms with Gasteiger partial charge in [-0.25, -0.2) is 0 Å². The molecule has 0 aliphatic heterocycles. The Bertz CT molecular complexity index is 1120. The number of quaternary nitrogens is 2. The fraction of sp³-hybridized carbons (Fsp3) is 0.583. The van der Waals surface area contributed by atoms with E-state index in [9.17, 15) is 24.6 Å². The van der Waals surface area contributed by atoms with Crippen LogP contribution < -0.4 is 26.6 Å². The summed E-state index contributed by atoms with van der Waals surface area (Å²) < 4.78 is 6.18. The average molecular weight is 745 g/mol. The van der Waals surface area contributed by atoms with Gasteiger partial charge in [-0.3, -0.25) is 19.4 Å². The second-order valence-electron chi connectivity index (χ2n) is 12.8. The Morgan fingerprint density at radius 3 is 1.86 bits per heavy atom. The molecule has 0 saturated carbocycles. The lowest BCUT2D eigenvalue weighted by Gasteiger charge is -2.28. The van der Waals surface area contributed by atoms with Crippen LogP contribution in [0.3, 0.4) is 0 Å². The zero-order chi connectivity index (χ0) is 39.9. The van der Waals surface area contributed by atoms with Crippen LogP contribution in [-0.2, 0) is 19.1 Å². The van der Waals surface area contributed by atoms with Crippen LogP contribution >= 0.6 is 12.4 Å². The van der Waals surface area contributed by atoms with Crippen LogP contribution in [0.5, 0.6) is 0 Å². The number of hydrogen-bond acceptors (Lipinski definition) is 9. The van der Waals surface area contributed by atoms with Gasteiger partial charge in [-0.15, -0.1) is 12.4 Å². The van der Waals surface area contributed by atoms with Crippen molar-refractivity contribution in [3.8, 4) is 0 Å². The largest absolute Gasteiger partial charge is 0.859 e.